The number of nitrogens with zero attached hydrogens (tertiary/aromatic N) is 1. The van der Waals surface area contributed by atoms with Crippen molar-refractivity contribution in [2.75, 3.05) is 5.32 Å². The molecule has 1 N–H and O–H groups in total. The van der Waals surface area contributed by atoms with Crippen molar-refractivity contribution < 1.29 is 17.6 Å². The van der Waals surface area contributed by atoms with Crippen LogP contribution >= 0.6 is 0 Å². The number of benzene rings is 2. The van der Waals surface area contributed by atoms with Crippen molar-refractivity contribution in [1.82, 2.24) is 0 Å². The molecule has 0 amide bonds. The average molecular weight is 294 g/mol. The van der Waals surface area contributed by atoms with E-state index in [0.717, 1.165) is 12.1 Å². The summed E-state index contributed by atoms with van der Waals surface area (Å²) in [5, 5.41) is 11.8. The van der Waals surface area contributed by atoms with E-state index in [1.54, 1.807) is 36.4 Å². The van der Waals surface area contributed by atoms with Crippen LogP contribution in [0.15, 0.2) is 48.5 Å². The first-order chi connectivity index (χ1) is 9.91. The highest BCUT2D eigenvalue weighted by atomic mass is 19.4. The van der Waals surface area contributed by atoms with Crippen LogP contribution in [0.2, 0.25) is 0 Å². The molecule has 2 aromatic carbocycles. The third-order valence-electron chi connectivity index (χ3n) is 2.85. The summed E-state index contributed by atoms with van der Waals surface area (Å²) < 4.78 is 51.9. The van der Waals surface area contributed by atoms with E-state index in [-0.39, 0.29) is 5.56 Å². The number of halogens is 4. The van der Waals surface area contributed by atoms with Crippen molar-refractivity contribution in [2.45, 2.75) is 12.2 Å². The Morgan fingerprint density at radius 2 is 1.71 bits per heavy atom. The maximum atomic E-state index is 13.1. The molecule has 6 heteroatoms. The number of alkyl halides is 3. The monoisotopic (exact) mass is 294 g/mol. The fourth-order valence-corrected chi connectivity index (χ4v) is 1.91. The Morgan fingerprint density at radius 1 is 1.05 bits per heavy atom. The van der Waals surface area contributed by atoms with Gasteiger partial charge in [0.15, 0.2) is 0 Å². The Bertz CT molecular complexity index is 660. The topological polar surface area (TPSA) is 35.8 Å². The van der Waals surface area contributed by atoms with E-state index in [4.69, 9.17) is 5.26 Å². The van der Waals surface area contributed by atoms with Crippen molar-refractivity contribution in [3.8, 4) is 6.07 Å². The molecule has 1 atom stereocenters. The van der Waals surface area contributed by atoms with Crippen molar-refractivity contribution >= 4 is 5.69 Å². The van der Waals surface area contributed by atoms with Gasteiger partial charge in [0.25, 0.3) is 0 Å². The Hall–Kier alpha value is -2.55. The van der Waals surface area contributed by atoms with Gasteiger partial charge < -0.3 is 5.32 Å². The van der Waals surface area contributed by atoms with Crippen molar-refractivity contribution in [3.05, 3.63) is 65.5 Å². The molecule has 0 aromatic heterocycles. The zero-order chi connectivity index (χ0) is 15.5. The van der Waals surface area contributed by atoms with E-state index in [1.165, 1.54) is 0 Å². The predicted octanol–water partition coefficient (Wildman–Crippen LogP) is 4.52. The molecule has 0 heterocycles. The van der Waals surface area contributed by atoms with Crippen LogP contribution in [0.25, 0.3) is 0 Å². The SMILES string of the molecule is N#CC(Nc1ccccc1)c1ccc(F)cc1C(F)(F)F. The van der Waals surface area contributed by atoms with Gasteiger partial charge >= 0.3 is 6.18 Å². The van der Waals surface area contributed by atoms with Crippen molar-refractivity contribution in [3.63, 3.8) is 0 Å². The summed E-state index contributed by atoms with van der Waals surface area (Å²) in [5.74, 6) is -0.998. The lowest BCUT2D eigenvalue weighted by Crippen LogP contribution is -2.16. The molecular formula is C15H10F4N2. The number of anilines is 1. The molecule has 2 nitrogen and oxygen atoms in total. The zero-order valence-electron chi connectivity index (χ0n) is 10.7. The molecule has 0 fully saturated rings. The Kier molecular flexibility index (Phi) is 4.13. The summed E-state index contributed by atoms with van der Waals surface area (Å²) in [5.41, 5.74) is -0.964. The second kappa shape index (κ2) is 5.83. The molecule has 2 rings (SSSR count). The van der Waals surface area contributed by atoms with Crippen LogP contribution < -0.4 is 5.32 Å². The van der Waals surface area contributed by atoms with Crippen LogP contribution in [0.3, 0.4) is 0 Å². The largest absolute Gasteiger partial charge is 0.416 e. The normalized spacial score (nSPS) is 12.5. The van der Waals surface area contributed by atoms with Gasteiger partial charge in [-0.1, -0.05) is 24.3 Å². The van der Waals surface area contributed by atoms with Gasteiger partial charge in [0, 0.05) is 11.3 Å². The van der Waals surface area contributed by atoms with Crippen molar-refractivity contribution in [1.29, 1.82) is 5.26 Å². The van der Waals surface area contributed by atoms with Gasteiger partial charge in [-0.05, 0) is 24.3 Å². The summed E-state index contributed by atoms with van der Waals surface area (Å²) in [6.07, 6.45) is -4.73. The van der Waals surface area contributed by atoms with Crippen LogP contribution in [0.5, 0.6) is 0 Å². The molecule has 1 unspecified atom stereocenters. The molecule has 0 aliphatic rings. The molecular weight excluding hydrogens is 284 g/mol. The number of para-hydroxylation sites is 1. The minimum Gasteiger partial charge on any atom is -0.366 e. The number of hydrogen-bond acceptors (Lipinski definition) is 2. The second-order valence-electron chi connectivity index (χ2n) is 4.30. The van der Waals surface area contributed by atoms with Crippen LogP contribution in [0, 0.1) is 17.1 Å². The Labute approximate surface area is 118 Å². The van der Waals surface area contributed by atoms with E-state index < -0.39 is 23.6 Å². The molecule has 0 saturated carbocycles. The van der Waals surface area contributed by atoms with Crippen LogP contribution in [0.4, 0.5) is 23.2 Å². The molecule has 0 bridgehead atoms. The van der Waals surface area contributed by atoms with E-state index in [9.17, 15) is 17.6 Å². The third-order valence-corrected chi connectivity index (χ3v) is 2.85. The van der Waals surface area contributed by atoms with Crippen LogP contribution in [-0.2, 0) is 6.18 Å². The highest BCUT2D eigenvalue weighted by molar-refractivity contribution is 5.49. The van der Waals surface area contributed by atoms with Gasteiger partial charge in [0.2, 0.25) is 0 Å². The maximum Gasteiger partial charge on any atom is 0.416 e. The van der Waals surface area contributed by atoms with Gasteiger partial charge in [-0.25, -0.2) is 4.39 Å². The number of rotatable bonds is 3. The van der Waals surface area contributed by atoms with Gasteiger partial charge in [0.05, 0.1) is 11.6 Å². The highest BCUT2D eigenvalue weighted by Gasteiger charge is 2.35. The van der Waals surface area contributed by atoms with Gasteiger partial charge in [0.1, 0.15) is 11.9 Å². The first kappa shape index (κ1) is 14.9. The summed E-state index contributed by atoms with van der Waals surface area (Å²) in [6, 6.07) is 11.2. The minimum atomic E-state index is -4.73. The zero-order valence-corrected chi connectivity index (χ0v) is 10.7. The summed E-state index contributed by atoms with van der Waals surface area (Å²) in [7, 11) is 0. The average Bonchev–Trinajstić information content (AvgIpc) is 2.45. The van der Waals surface area contributed by atoms with Gasteiger partial charge in [-0.15, -0.1) is 0 Å². The first-order valence-electron chi connectivity index (χ1n) is 5.99. The fourth-order valence-electron chi connectivity index (χ4n) is 1.91. The highest BCUT2D eigenvalue weighted by Crippen LogP contribution is 2.35. The second-order valence-corrected chi connectivity index (χ2v) is 4.30. The molecule has 0 aliphatic carbocycles. The lowest BCUT2D eigenvalue weighted by molar-refractivity contribution is -0.138. The number of nitrogens with one attached hydrogen (secondary N) is 1. The Balaban J connectivity index is 2.41. The molecule has 21 heavy (non-hydrogen) atoms. The summed E-state index contributed by atoms with van der Waals surface area (Å²) in [6.45, 7) is 0. The lowest BCUT2D eigenvalue weighted by atomic mass is 10.00. The summed E-state index contributed by atoms with van der Waals surface area (Å²) >= 11 is 0. The first-order valence-corrected chi connectivity index (χ1v) is 5.99. The molecule has 0 aliphatic heterocycles. The lowest BCUT2D eigenvalue weighted by Gasteiger charge is -2.18. The number of nitriles is 1. The van der Waals surface area contributed by atoms with E-state index in [1.807, 2.05) is 0 Å². The Morgan fingerprint density at radius 3 is 2.29 bits per heavy atom. The van der Waals surface area contributed by atoms with Crippen LogP contribution in [-0.4, -0.2) is 0 Å². The van der Waals surface area contributed by atoms with E-state index >= 15 is 0 Å². The van der Waals surface area contributed by atoms with Crippen molar-refractivity contribution in [2.24, 2.45) is 0 Å². The smallest absolute Gasteiger partial charge is 0.366 e. The fraction of sp³-hybridized carbons (Fsp3) is 0.133. The van der Waals surface area contributed by atoms with Gasteiger partial charge in [-0.2, -0.15) is 18.4 Å². The van der Waals surface area contributed by atoms with Crippen LogP contribution in [0.1, 0.15) is 17.2 Å². The maximum absolute atomic E-state index is 13.1. The third kappa shape index (κ3) is 3.51. The molecule has 0 spiro atoms. The van der Waals surface area contributed by atoms with E-state index in [2.05, 4.69) is 5.32 Å². The quantitative estimate of drug-likeness (QED) is 0.845. The molecule has 108 valence electrons. The molecule has 0 radical (unpaired) electrons. The van der Waals surface area contributed by atoms with Gasteiger partial charge in [-0.3, -0.25) is 0 Å². The number of hydrogen-bond donors (Lipinski definition) is 1. The molecule has 2 aromatic rings. The van der Waals surface area contributed by atoms with E-state index in [0.29, 0.717) is 11.8 Å². The summed E-state index contributed by atoms with van der Waals surface area (Å²) in [4.78, 5) is 0. The minimum absolute atomic E-state index is 0.310. The molecule has 0 saturated heterocycles. The predicted molar refractivity (Wildman–Crippen MR) is 69.8 cm³/mol. The standard InChI is InChI=1S/C15H10F4N2/c16-10-6-7-12(13(8-10)15(17,18)19)14(9-20)21-11-4-2-1-3-5-11/h1-8,14,21H.